The van der Waals surface area contributed by atoms with Gasteiger partial charge in [-0.05, 0) is 93.2 Å². The molecule has 5 fully saturated rings. The molecule has 5 aliphatic rings. The number of nitrogen functional groups attached to an aromatic ring is 1. The second-order valence-electron chi connectivity index (χ2n) is 11.2. The van der Waals surface area contributed by atoms with Crippen molar-refractivity contribution in [2.45, 2.75) is 56.7 Å². The number of nitrogens with one attached hydrogen (secondary N) is 1. The van der Waals surface area contributed by atoms with Crippen molar-refractivity contribution in [2.75, 3.05) is 35.2 Å². The van der Waals surface area contributed by atoms with Crippen LogP contribution in [-0.2, 0) is 0 Å². The van der Waals surface area contributed by atoms with Crippen LogP contribution in [0.2, 0.25) is 0 Å². The first-order valence-corrected chi connectivity index (χ1v) is 12.7. The van der Waals surface area contributed by atoms with Gasteiger partial charge in [0.15, 0.2) is 0 Å². The van der Waals surface area contributed by atoms with Crippen molar-refractivity contribution < 1.29 is 9.90 Å². The molecule has 7 heteroatoms. The first-order chi connectivity index (χ1) is 16.4. The molecule has 4 N–H and O–H groups in total. The fraction of sp³-hybridized carbons (Fsp3) is 0.556. The molecule has 2 heterocycles. The number of anilines is 3. The molecule has 2 aromatic rings. The summed E-state index contributed by atoms with van der Waals surface area (Å²) in [6.45, 7) is 4.83. The summed E-state index contributed by atoms with van der Waals surface area (Å²) in [5, 5.41) is 14.2. The minimum absolute atomic E-state index is 0.0838. The summed E-state index contributed by atoms with van der Waals surface area (Å²) >= 11 is 0. The van der Waals surface area contributed by atoms with Crippen LogP contribution >= 0.6 is 0 Å². The molecule has 1 aliphatic heterocycles. The first-order valence-electron chi connectivity index (χ1n) is 12.7. The number of nitrogens with two attached hydrogens (primary N) is 1. The SMILES string of the molecule is CC1CN(c2ccc(N)cc2)CCN1c1cccc(C(=O)NC2C3CC4CC2CC(O)(C4)C3)n1. The third kappa shape index (κ3) is 3.90. The molecular formula is C27H35N5O2. The Labute approximate surface area is 201 Å². The van der Waals surface area contributed by atoms with Gasteiger partial charge in [-0.1, -0.05) is 6.07 Å². The van der Waals surface area contributed by atoms with Crippen LogP contribution in [0.3, 0.4) is 0 Å². The van der Waals surface area contributed by atoms with Gasteiger partial charge in [-0.15, -0.1) is 0 Å². The molecule has 4 aliphatic carbocycles. The van der Waals surface area contributed by atoms with Crippen LogP contribution in [0, 0.1) is 17.8 Å². The Kier molecular flexibility index (Phi) is 5.21. The summed E-state index contributed by atoms with van der Waals surface area (Å²) in [6, 6.07) is 14.2. The van der Waals surface area contributed by atoms with Gasteiger partial charge >= 0.3 is 0 Å². The van der Waals surface area contributed by atoms with E-state index in [1.807, 2.05) is 30.3 Å². The topological polar surface area (TPSA) is 94.7 Å². The molecule has 7 nitrogen and oxygen atoms in total. The smallest absolute Gasteiger partial charge is 0.270 e. The predicted molar refractivity (Wildman–Crippen MR) is 134 cm³/mol. The van der Waals surface area contributed by atoms with Crippen molar-refractivity contribution in [2.24, 2.45) is 17.8 Å². The van der Waals surface area contributed by atoms with E-state index >= 15 is 0 Å². The number of carbonyl (C=O) groups is 1. The van der Waals surface area contributed by atoms with Crippen LogP contribution in [0.1, 0.15) is 49.5 Å². The Morgan fingerprint density at radius 3 is 2.50 bits per heavy atom. The van der Waals surface area contributed by atoms with Crippen LogP contribution in [0.5, 0.6) is 0 Å². The Bertz CT molecular complexity index is 1060. The minimum atomic E-state index is -0.486. The van der Waals surface area contributed by atoms with Crippen molar-refractivity contribution in [3.63, 3.8) is 0 Å². The van der Waals surface area contributed by atoms with E-state index in [1.54, 1.807) is 0 Å². The lowest BCUT2D eigenvalue weighted by atomic mass is 9.52. The van der Waals surface area contributed by atoms with Gasteiger partial charge in [-0.25, -0.2) is 4.98 Å². The lowest BCUT2D eigenvalue weighted by Crippen LogP contribution is -2.61. The monoisotopic (exact) mass is 461 g/mol. The molecule has 4 bridgehead atoms. The van der Waals surface area contributed by atoms with Gasteiger partial charge < -0.3 is 26.0 Å². The number of aromatic nitrogens is 1. The molecule has 7 rings (SSSR count). The maximum absolute atomic E-state index is 13.2. The van der Waals surface area contributed by atoms with Gasteiger partial charge in [0.1, 0.15) is 11.5 Å². The number of hydrogen-bond donors (Lipinski definition) is 3. The Balaban J connectivity index is 1.13. The quantitative estimate of drug-likeness (QED) is 0.606. The fourth-order valence-electron chi connectivity index (χ4n) is 7.37. The summed E-state index contributed by atoms with van der Waals surface area (Å²) in [7, 11) is 0. The number of pyridine rings is 1. The van der Waals surface area contributed by atoms with E-state index in [0.29, 0.717) is 23.4 Å². The predicted octanol–water partition coefficient (Wildman–Crippen LogP) is 3.05. The average molecular weight is 462 g/mol. The van der Waals surface area contributed by atoms with E-state index in [1.165, 1.54) is 5.69 Å². The van der Waals surface area contributed by atoms with E-state index in [4.69, 9.17) is 10.7 Å². The third-order valence-electron chi connectivity index (χ3n) is 8.69. The van der Waals surface area contributed by atoms with Crippen LogP contribution in [0.25, 0.3) is 0 Å². The van der Waals surface area contributed by atoms with Gasteiger partial charge in [-0.3, -0.25) is 4.79 Å². The number of aliphatic hydroxyl groups is 1. The largest absolute Gasteiger partial charge is 0.399 e. The lowest BCUT2D eigenvalue weighted by molar-refractivity contribution is -0.136. The van der Waals surface area contributed by atoms with E-state index < -0.39 is 5.60 Å². The zero-order valence-electron chi connectivity index (χ0n) is 19.9. The molecule has 1 amide bonds. The van der Waals surface area contributed by atoms with Crippen LogP contribution in [0.15, 0.2) is 42.5 Å². The minimum Gasteiger partial charge on any atom is -0.399 e. The van der Waals surface area contributed by atoms with E-state index in [0.717, 1.165) is 63.2 Å². The summed E-state index contributed by atoms with van der Waals surface area (Å²) in [5.74, 6) is 2.19. The van der Waals surface area contributed by atoms with Gasteiger partial charge in [0, 0.05) is 43.1 Å². The van der Waals surface area contributed by atoms with E-state index in [9.17, 15) is 9.90 Å². The highest BCUT2D eigenvalue weighted by Crippen LogP contribution is 2.55. The third-order valence-corrected chi connectivity index (χ3v) is 8.69. The molecule has 0 spiro atoms. The van der Waals surface area contributed by atoms with Gasteiger partial charge in [0.25, 0.3) is 5.91 Å². The molecule has 180 valence electrons. The highest BCUT2D eigenvalue weighted by molar-refractivity contribution is 5.93. The van der Waals surface area contributed by atoms with E-state index in [2.05, 4.69) is 34.2 Å². The number of rotatable bonds is 4. The zero-order valence-corrected chi connectivity index (χ0v) is 19.9. The number of carbonyl (C=O) groups excluding carboxylic acids is 1. The molecule has 3 unspecified atom stereocenters. The normalized spacial score (nSPS) is 34.4. The summed E-state index contributed by atoms with van der Waals surface area (Å²) in [5.41, 5.74) is 7.80. The Morgan fingerprint density at radius 2 is 1.82 bits per heavy atom. The summed E-state index contributed by atoms with van der Waals surface area (Å²) < 4.78 is 0. The number of benzene rings is 1. The molecule has 3 atom stereocenters. The number of nitrogens with zero attached hydrogens (tertiary/aromatic N) is 3. The molecule has 4 saturated carbocycles. The molecule has 0 radical (unpaired) electrons. The molecule has 1 aromatic carbocycles. The molecule has 1 aromatic heterocycles. The molecule has 34 heavy (non-hydrogen) atoms. The van der Waals surface area contributed by atoms with Crippen LogP contribution in [-0.4, -0.2) is 53.3 Å². The number of hydrogen-bond acceptors (Lipinski definition) is 6. The Morgan fingerprint density at radius 1 is 1.09 bits per heavy atom. The molecular weight excluding hydrogens is 426 g/mol. The zero-order chi connectivity index (χ0) is 23.4. The van der Waals surface area contributed by atoms with Crippen molar-refractivity contribution in [3.05, 3.63) is 48.2 Å². The fourth-order valence-corrected chi connectivity index (χ4v) is 7.37. The summed E-state index contributed by atoms with van der Waals surface area (Å²) in [4.78, 5) is 22.7. The van der Waals surface area contributed by atoms with Crippen molar-refractivity contribution in [1.82, 2.24) is 10.3 Å². The van der Waals surface area contributed by atoms with Crippen molar-refractivity contribution in [3.8, 4) is 0 Å². The van der Waals surface area contributed by atoms with Crippen molar-refractivity contribution >= 4 is 23.1 Å². The standard InChI is InChI=1S/C27H35N5O2/c1-17-16-31(22-7-5-21(28)6-8-22)9-10-32(17)24-4-2-3-23(29-24)26(33)30-25-19-11-18-12-20(25)15-27(34,13-18)14-19/h2-8,17-20,25,34H,9-16,28H2,1H3,(H,30,33). The molecule has 1 saturated heterocycles. The average Bonchev–Trinajstić information content (AvgIpc) is 2.81. The maximum Gasteiger partial charge on any atom is 0.270 e. The summed E-state index contributed by atoms with van der Waals surface area (Å²) in [6.07, 6.45) is 4.87. The van der Waals surface area contributed by atoms with Crippen LogP contribution in [0.4, 0.5) is 17.2 Å². The second-order valence-corrected chi connectivity index (χ2v) is 11.2. The van der Waals surface area contributed by atoms with Gasteiger partial charge in [-0.2, -0.15) is 0 Å². The van der Waals surface area contributed by atoms with Crippen molar-refractivity contribution in [1.29, 1.82) is 0 Å². The first kappa shape index (κ1) is 21.7. The Hall–Kier alpha value is -2.80. The highest BCUT2D eigenvalue weighted by atomic mass is 16.3. The number of piperazine rings is 1. The lowest BCUT2D eigenvalue weighted by Gasteiger charge is -2.58. The highest BCUT2D eigenvalue weighted by Gasteiger charge is 2.55. The second kappa shape index (κ2) is 8.15. The maximum atomic E-state index is 13.2. The van der Waals surface area contributed by atoms with Gasteiger partial charge in [0.05, 0.1) is 5.60 Å². The van der Waals surface area contributed by atoms with Gasteiger partial charge in [0.2, 0.25) is 0 Å². The van der Waals surface area contributed by atoms with Crippen LogP contribution < -0.4 is 20.9 Å². The number of amides is 1. The van der Waals surface area contributed by atoms with E-state index in [-0.39, 0.29) is 18.0 Å².